The summed E-state index contributed by atoms with van der Waals surface area (Å²) >= 11 is 0. The summed E-state index contributed by atoms with van der Waals surface area (Å²) in [7, 11) is 0. The molecule has 0 amide bonds. The molecule has 1 aliphatic carbocycles. The van der Waals surface area contributed by atoms with Gasteiger partial charge in [0.25, 0.3) is 0 Å². The van der Waals surface area contributed by atoms with Crippen LogP contribution < -0.4 is 11.6 Å². The zero-order valence-electron chi connectivity index (χ0n) is 12.9. The molecule has 0 saturated heterocycles. The molecule has 112 valence electrons. The summed E-state index contributed by atoms with van der Waals surface area (Å²) in [6.45, 7) is 4.18. The molecule has 1 heterocycles. The van der Waals surface area contributed by atoms with Gasteiger partial charge in [0.2, 0.25) is 0 Å². The van der Waals surface area contributed by atoms with E-state index in [1.165, 1.54) is 43.2 Å². The second-order valence-corrected chi connectivity index (χ2v) is 6.29. The Bertz CT molecular complexity index is 631. The largest absolute Gasteiger partial charge is 0.382 e. The molecule has 4 N–H and O–H groups in total. The smallest absolute Gasteiger partial charge is 0.150 e. The SMILES string of the molecule is Cc1cc(C)cc(-c2nc(C3CCCCC3)n(N)c2N)c1. The Morgan fingerprint density at radius 2 is 1.67 bits per heavy atom. The van der Waals surface area contributed by atoms with Crippen molar-refractivity contribution in [2.45, 2.75) is 51.9 Å². The van der Waals surface area contributed by atoms with E-state index in [2.05, 4.69) is 32.0 Å². The quantitative estimate of drug-likeness (QED) is 0.829. The maximum absolute atomic E-state index is 6.22. The first kappa shape index (κ1) is 14.0. The number of benzene rings is 1. The predicted molar refractivity (Wildman–Crippen MR) is 87.5 cm³/mol. The van der Waals surface area contributed by atoms with Crippen molar-refractivity contribution in [1.29, 1.82) is 0 Å². The number of anilines is 1. The number of nitrogens with zero attached hydrogens (tertiary/aromatic N) is 2. The zero-order chi connectivity index (χ0) is 15.0. The van der Waals surface area contributed by atoms with Crippen molar-refractivity contribution in [3.8, 4) is 11.3 Å². The summed E-state index contributed by atoms with van der Waals surface area (Å²) in [5.41, 5.74) is 10.5. The van der Waals surface area contributed by atoms with Crippen molar-refractivity contribution >= 4 is 5.82 Å². The summed E-state index contributed by atoms with van der Waals surface area (Å²) in [6.07, 6.45) is 6.17. The minimum absolute atomic E-state index is 0.450. The predicted octanol–water partition coefficient (Wildman–Crippen LogP) is 3.51. The van der Waals surface area contributed by atoms with Gasteiger partial charge in [-0.25, -0.2) is 9.66 Å². The van der Waals surface area contributed by atoms with Gasteiger partial charge in [-0.3, -0.25) is 0 Å². The Morgan fingerprint density at radius 1 is 1.05 bits per heavy atom. The number of aryl methyl sites for hydroxylation is 2. The van der Waals surface area contributed by atoms with E-state index in [4.69, 9.17) is 16.6 Å². The maximum atomic E-state index is 6.22. The fourth-order valence-corrected chi connectivity index (χ4v) is 3.44. The molecule has 0 atom stereocenters. The van der Waals surface area contributed by atoms with Gasteiger partial charge in [0.1, 0.15) is 11.5 Å². The molecule has 0 radical (unpaired) electrons. The van der Waals surface area contributed by atoms with Gasteiger partial charge in [-0.2, -0.15) is 0 Å². The molecule has 0 bridgehead atoms. The molecular formula is C17H24N4. The van der Waals surface area contributed by atoms with Gasteiger partial charge in [0.05, 0.1) is 0 Å². The van der Waals surface area contributed by atoms with Crippen LogP contribution in [0.1, 0.15) is 55.0 Å². The van der Waals surface area contributed by atoms with E-state index in [1.54, 1.807) is 4.68 Å². The van der Waals surface area contributed by atoms with Crippen LogP contribution in [0, 0.1) is 13.8 Å². The van der Waals surface area contributed by atoms with Crippen molar-refractivity contribution in [3.05, 3.63) is 35.2 Å². The fraction of sp³-hybridized carbons (Fsp3) is 0.471. The molecule has 2 aromatic rings. The average Bonchev–Trinajstić information content (AvgIpc) is 2.75. The molecule has 3 rings (SSSR count). The van der Waals surface area contributed by atoms with Crippen LogP contribution in [0.3, 0.4) is 0 Å². The highest BCUT2D eigenvalue weighted by molar-refractivity contribution is 5.72. The van der Waals surface area contributed by atoms with Crippen molar-refractivity contribution in [2.24, 2.45) is 0 Å². The average molecular weight is 284 g/mol. The van der Waals surface area contributed by atoms with Crippen LogP contribution in [0.25, 0.3) is 11.3 Å². The maximum Gasteiger partial charge on any atom is 0.150 e. The molecule has 1 aromatic carbocycles. The Balaban J connectivity index is 2.03. The highest BCUT2D eigenvalue weighted by Gasteiger charge is 2.24. The third-order valence-electron chi connectivity index (χ3n) is 4.44. The standard InChI is InChI=1S/C17H24N4/c1-11-8-12(2)10-14(9-11)15-16(18)21(19)17(20-15)13-6-4-3-5-7-13/h8-10,13H,3-7,18-19H2,1-2H3. The van der Waals surface area contributed by atoms with Crippen LogP contribution in [0.2, 0.25) is 0 Å². The van der Waals surface area contributed by atoms with Crippen molar-refractivity contribution in [2.75, 3.05) is 11.6 Å². The van der Waals surface area contributed by atoms with Gasteiger partial charge in [-0.05, 0) is 38.8 Å². The molecule has 1 aliphatic rings. The molecule has 1 fully saturated rings. The molecule has 0 unspecified atom stereocenters. The lowest BCUT2D eigenvalue weighted by atomic mass is 9.89. The number of aromatic nitrogens is 2. The monoisotopic (exact) mass is 284 g/mol. The number of hydrogen-bond donors (Lipinski definition) is 2. The van der Waals surface area contributed by atoms with E-state index in [1.807, 2.05) is 0 Å². The third kappa shape index (κ3) is 2.62. The first-order valence-corrected chi connectivity index (χ1v) is 7.78. The van der Waals surface area contributed by atoms with Crippen LogP contribution in [-0.4, -0.2) is 9.66 Å². The van der Waals surface area contributed by atoms with Crippen molar-refractivity contribution in [1.82, 2.24) is 9.66 Å². The minimum Gasteiger partial charge on any atom is -0.382 e. The number of nitrogen functional groups attached to an aromatic ring is 2. The van der Waals surface area contributed by atoms with Gasteiger partial charge >= 0.3 is 0 Å². The minimum atomic E-state index is 0.450. The third-order valence-corrected chi connectivity index (χ3v) is 4.44. The second kappa shape index (κ2) is 5.43. The lowest BCUT2D eigenvalue weighted by molar-refractivity contribution is 0.424. The summed E-state index contributed by atoms with van der Waals surface area (Å²) in [6, 6.07) is 6.40. The van der Waals surface area contributed by atoms with Gasteiger partial charge in [-0.15, -0.1) is 0 Å². The highest BCUT2D eigenvalue weighted by atomic mass is 15.4. The fourth-order valence-electron chi connectivity index (χ4n) is 3.44. The van der Waals surface area contributed by atoms with E-state index in [9.17, 15) is 0 Å². The van der Waals surface area contributed by atoms with Gasteiger partial charge in [0.15, 0.2) is 5.82 Å². The van der Waals surface area contributed by atoms with Gasteiger partial charge in [-0.1, -0.05) is 36.5 Å². The summed E-state index contributed by atoms with van der Waals surface area (Å²) in [5.74, 6) is 8.14. The Kier molecular flexibility index (Phi) is 3.62. The number of hydrogen-bond acceptors (Lipinski definition) is 3. The van der Waals surface area contributed by atoms with Crippen LogP contribution in [0.5, 0.6) is 0 Å². The molecule has 4 nitrogen and oxygen atoms in total. The molecule has 1 aromatic heterocycles. The van der Waals surface area contributed by atoms with E-state index < -0.39 is 0 Å². The number of imidazole rings is 1. The number of nitrogens with two attached hydrogens (primary N) is 2. The Labute approximate surface area is 126 Å². The summed E-state index contributed by atoms with van der Waals surface area (Å²) in [4.78, 5) is 4.80. The molecular weight excluding hydrogens is 260 g/mol. The molecule has 1 saturated carbocycles. The van der Waals surface area contributed by atoms with Crippen LogP contribution in [0.4, 0.5) is 5.82 Å². The normalized spacial score (nSPS) is 16.3. The number of rotatable bonds is 2. The van der Waals surface area contributed by atoms with Crippen LogP contribution in [-0.2, 0) is 0 Å². The van der Waals surface area contributed by atoms with Gasteiger partial charge in [0, 0.05) is 11.5 Å². The van der Waals surface area contributed by atoms with Crippen molar-refractivity contribution < 1.29 is 0 Å². The second-order valence-electron chi connectivity index (χ2n) is 6.29. The van der Waals surface area contributed by atoms with E-state index in [-0.39, 0.29) is 0 Å². The van der Waals surface area contributed by atoms with E-state index in [0.29, 0.717) is 11.7 Å². The highest BCUT2D eigenvalue weighted by Crippen LogP contribution is 2.35. The molecule has 21 heavy (non-hydrogen) atoms. The topological polar surface area (TPSA) is 69.9 Å². The lowest BCUT2D eigenvalue weighted by Crippen LogP contribution is -2.19. The Hall–Kier alpha value is -1.97. The van der Waals surface area contributed by atoms with Crippen LogP contribution >= 0.6 is 0 Å². The van der Waals surface area contributed by atoms with Crippen LogP contribution in [0.15, 0.2) is 18.2 Å². The first-order chi connectivity index (χ1) is 10.1. The molecule has 0 spiro atoms. The first-order valence-electron chi connectivity index (χ1n) is 7.78. The lowest BCUT2D eigenvalue weighted by Gasteiger charge is -2.20. The Morgan fingerprint density at radius 3 is 2.29 bits per heavy atom. The summed E-state index contributed by atoms with van der Waals surface area (Å²) in [5, 5.41) is 0. The van der Waals surface area contributed by atoms with E-state index >= 15 is 0 Å². The molecule has 0 aliphatic heterocycles. The van der Waals surface area contributed by atoms with E-state index in [0.717, 1.165) is 17.1 Å². The van der Waals surface area contributed by atoms with Gasteiger partial charge < -0.3 is 11.6 Å². The molecule has 4 heteroatoms. The summed E-state index contributed by atoms with van der Waals surface area (Å²) < 4.78 is 1.60. The zero-order valence-corrected chi connectivity index (χ0v) is 12.9. The van der Waals surface area contributed by atoms with Crippen molar-refractivity contribution in [3.63, 3.8) is 0 Å².